The molecule has 0 unspecified atom stereocenters. The summed E-state index contributed by atoms with van der Waals surface area (Å²) in [5.74, 6) is 0. The molecule has 0 aliphatic rings. The van der Waals surface area contributed by atoms with Gasteiger partial charge in [0.05, 0.1) is 0 Å². The van der Waals surface area contributed by atoms with Gasteiger partial charge in [0, 0.05) is 19.8 Å². The van der Waals surface area contributed by atoms with Crippen LogP contribution in [0.3, 0.4) is 0 Å². The Morgan fingerprint density at radius 2 is 1.92 bits per heavy atom. The molecule has 2 nitrogen and oxygen atoms in total. The molecule has 0 saturated carbocycles. The number of nitrogens with one attached hydrogen (secondary N) is 1. The number of hydrogen-bond acceptors (Lipinski definition) is 2. The molecule has 0 spiro atoms. The third kappa shape index (κ3) is 8.26. The predicted octanol–water partition coefficient (Wildman–Crippen LogP) is 2.44. The summed E-state index contributed by atoms with van der Waals surface area (Å²) >= 11 is 0. The van der Waals surface area contributed by atoms with E-state index < -0.39 is 0 Å². The van der Waals surface area contributed by atoms with Gasteiger partial charge in [0.15, 0.2) is 0 Å². The molecule has 2 heteroatoms. The quantitative estimate of drug-likeness (QED) is 0.589. The largest absolute Gasteiger partial charge is 0.382 e. The van der Waals surface area contributed by atoms with Crippen LogP contribution in [0.15, 0.2) is 0 Å². The van der Waals surface area contributed by atoms with Crippen LogP contribution >= 0.6 is 0 Å². The minimum absolute atomic E-state index is 0.410. The van der Waals surface area contributed by atoms with E-state index in [1.165, 1.54) is 12.8 Å². The van der Waals surface area contributed by atoms with Crippen LogP contribution in [0, 0.1) is 5.41 Å². The first-order valence-corrected chi connectivity index (χ1v) is 5.41. The Kier molecular flexibility index (Phi) is 7.29. The maximum atomic E-state index is 5.31. The molecule has 0 aliphatic carbocycles. The van der Waals surface area contributed by atoms with Crippen molar-refractivity contribution in [2.45, 2.75) is 40.5 Å². The molecule has 80 valence electrons. The van der Waals surface area contributed by atoms with Crippen molar-refractivity contribution < 1.29 is 4.74 Å². The highest BCUT2D eigenvalue weighted by atomic mass is 16.5. The highest BCUT2D eigenvalue weighted by Gasteiger charge is 2.15. The smallest absolute Gasteiger partial charge is 0.0466 e. The van der Waals surface area contributed by atoms with E-state index in [1.54, 1.807) is 0 Å². The zero-order valence-electron chi connectivity index (χ0n) is 9.65. The van der Waals surface area contributed by atoms with Crippen molar-refractivity contribution in [2.75, 3.05) is 26.3 Å². The van der Waals surface area contributed by atoms with Gasteiger partial charge in [0.25, 0.3) is 0 Å². The van der Waals surface area contributed by atoms with Crippen molar-refractivity contribution >= 4 is 0 Å². The van der Waals surface area contributed by atoms with Crippen molar-refractivity contribution in [3.63, 3.8) is 0 Å². The van der Waals surface area contributed by atoms with Crippen molar-refractivity contribution in [2.24, 2.45) is 5.41 Å². The fraction of sp³-hybridized carbons (Fsp3) is 1.00. The summed E-state index contributed by atoms with van der Waals surface area (Å²) in [6, 6.07) is 0. The first kappa shape index (κ1) is 12.9. The van der Waals surface area contributed by atoms with E-state index in [1.807, 2.05) is 6.92 Å². The molecule has 0 aliphatic heterocycles. The van der Waals surface area contributed by atoms with Crippen molar-refractivity contribution in [1.82, 2.24) is 5.32 Å². The van der Waals surface area contributed by atoms with Crippen LogP contribution in [0.2, 0.25) is 0 Å². The molecule has 0 aromatic rings. The van der Waals surface area contributed by atoms with Gasteiger partial charge in [-0.15, -0.1) is 0 Å². The minimum Gasteiger partial charge on any atom is -0.382 e. The van der Waals surface area contributed by atoms with Gasteiger partial charge >= 0.3 is 0 Å². The molecule has 0 saturated heterocycles. The molecule has 13 heavy (non-hydrogen) atoms. The van der Waals surface area contributed by atoms with Crippen LogP contribution in [-0.2, 0) is 4.74 Å². The maximum Gasteiger partial charge on any atom is 0.0466 e. The van der Waals surface area contributed by atoms with Gasteiger partial charge in [-0.3, -0.25) is 0 Å². The van der Waals surface area contributed by atoms with E-state index in [9.17, 15) is 0 Å². The second-order valence-electron chi connectivity index (χ2n) is 4.25. The van der Waals surface area contributed by atoms with Crippen LogP contribution in [0.5, 0.6) is 0 Å². The summed E-state index contributed by atoms with van der Waals surface area (Å²) in [5.41, 5.74) is 0.410. The van der Waals surface area contributed by atoms with Crippen molar-refractivity contribution in [1.29, 1.82) is 0 Å². The lowest BCUT2D eigenvalue weighted by Gasteiger charge is -2.24. The van der Waals surface area contributed by atoms with E-state index in [-0.39, 0.29) is 0 Å². The molecule has 0 aromatic carbocycles. The summed E-state index contributed by atoms with van der Waals surface area (Å²) in [5, 5.41) is 3.39. The first-order chi connectivity index (χ1) is 6.12. The normalized spacial score (nSPS) is 12.0. The Morgan fingerprint density at radius 3 is 2.46 bits per heavy atom. The van der Waals surface area contributed by atoms with Crippen LogP contribution < -0.4 is 5.32 Å². The third-order valence-electron chi connectivity index (χ3n) is 2.20. The Balaban J connectivity index is 3.39. The highest BCUT2D eigenvalue weighted by Crippen LogP contribution is 2.20. The lowest BCUT2D eigenvalue weighted by atomic mass is 9.88. The van der Waals surface area contributed by atoms with E-state index in [4.69, 9.17) is 4.74 Å². The number of hydrogen-bond donors (Lipinski definition) is 1. The highest BCUT2D eigenvalue weighted by molar-refractivity contribution is 4.70. The van der Waals surface area contributed by atoms with Gasteiger partial charge in [0.2, 0.25) is 0 Å². The van der Waals surface area contributed by atoms with E-state index in [2.05, 4.69) is 26.1 Å². The first-order valence-electron chi connectivity index (χ1n) is 5.41. The zero-order chi connectivity index (χ0) is 10.2. The molecule has 0 fully saturated rings. The second kappa shape index (κ2) is 7.34. The number of rotatable bonds is 8. The fourth-order valence-corrected chi connectivity index (χ4v) is 1.35. The van der Waals surface area contributed by atoms with E-state index in [0.717, 1.165) is 26.3 Å². The van der Waals surface area contributed by atoms with Crippen molar-refractivity contribution in [3.05, 3.63) is 0 Å². The van der Waals surface area contributed by atoms with Gasteiger partial charge in [-0.1, -0.05) is 20.8 Å². The predicted molar refractivity (Wildman–Crippen MR) is 58.1 cm³/mol. The zero-order valence-corrected chi connectivity index (χ0v) is 9.65. The van der Waals surface area contributed by atoms with Gasteiger partial charge in [0.1, 0.15) is 0 Å². The molecule has 0 bridgehead atoms. The minimum atomic E-state index is 0.410. The maximum absolute atomic E-state index is 5.31. The SMILES string of the molecule is CCNCC(C)(C)CCCOCC. The molecule has 0 rings (SSSR count). The van der Waals surface area contributed by atoms with E-state index >= 15 is 0 Å². The molecule has 0 heterocycles. The molecule has 0 atom stereocenters. The van der Waals surface area contributed by atoms with Crippen LogP contribution in [0.1, 0.15) is 40.5 Å². The molecular weight excluding hydrogens is 162 g/mol. The average molecular weight is 187 g/mol. The van der Waals surface area contributed by atoms with Crippen molar-refractivity contribution in [3.8, 4) is 0 Å². The third-order valence-corrected chi connectivity index (χ3v) is 2.20. The Labute approximate surface area is 83.1 Å². The Bertz CT molecular complexity index is 113. The molecule has 0 radical (unpaired) electrons. The monoisotopic (exact) mass is 187 g/mol. The lowest BCUT2D eigenvalue weighted by Crippen LogP contribution is -2.29. The van der Waals surface area contributed by atoms with Gasteiger partial charge in [-0.2, -0.15) is 0 Å². The molecule has 0 aromatic heterocycles. The number of ether oxygens (including phenoxy) is 1. The van der Waals surface area contributed by atoms with Gasteiger partial charge < -0.3 is 10.1 Å². The van der Waals surface area contributed by atoms with Gasteiger partial charge in [-0.25, -0.2) is 0 Å². The van der Waals surface area contributed by atoms with Crippen LogP contribution in [0.4, 0.5) is 0 Å². The van der Waals surface area contributed by atoms with Gasteiger partial charge in [-0.05, 0) is 31.7 Å². The molecule has 1 N–H and O–H groups in total. The summed E-state index contributed by atoms with van der Waals surface area (Å²) in [6.07, 6.45) is 2.41. The fourth-order valence-electron chi connectivity index (χ4n) is 1.35. The summed E-state index contributed by atoms with van der Waals surface area (Å²) in [4.78, 5) is 0. The summed E-state index contributed by atoms with van der Waals surface area (Å²) in [6.45, 7) is 12.7. The molecular formula is C11H25NO. The lowest BCUT2D eigenvalue weighted by molar-refractivity contribution is 0.132. The summed E-state index contributed by atoms with van der Waals surface area (Å²) < 4.78 is 5.31. The average Bonchev–Trinajstić information content (AvgIpc) is 2.09. The summed E-state index contributed by atoms with van der Waals surface area (Å²) in [7, 11) is 0. The van der Waals surface area contributed by atoms with Crippen LogP contribution in [0.25, 0.3) is 0 Å². The Hall–Kier alpha value is -0.0800. The Morgan fingerprint density at radius 1 is 1.23 bits per heavy atom. The second-order valence-corrected chi connectivity index (χ2v) is 4.25. The topological polar surface area (TPSA) is 21.3 Å². The standard InChI is InChI=1S/C11H25NO/c1-5-12-10-11(3,4)8-7-9-13-6-2/h12H,5-10H2,1-4H3. The molecule has 0 amide bonds. The van der Waals surface area contributed by atoms with Crippen LogP contribution in [-0.4, -0.2) is 26.3 Å². The van der Waals surface area contributed by atoms with E-state index in [0.29, 0.717) is 5.41 Å².